The Kier molecular flexibility index (Phi) is 13.2. The maximum Gasteiger partial charge on any atom is 0.326 e. The van der Waals surface area contributed by atoms with E-state index in [0.29, 0.717) is 12.8 Å². The fourth-order valence-corrected chi connectivity index (χ4v) is 3.46. The minimum Gasteiger partial charge on any atom is -0.465 e. The van der Waals surface area contributed by atoms with Crippen LogP contribution in [0.15, 0.2) is 0 Å². The van der Waals surface area contributed by atoms with Crippen LogP contribution in [0.4, 0.5) is 0 Å². The summed E-state index contributed by atoms with van der Waals surface area (Å²) in [6.07, 6.45) is 1.25. The number of carbonyl (C=O) groups excluding carboxylic acids is 6. The molecule has 0 aromatic carbocycles. The first kappa shape index (κ1) is 30.2. The van der Waals surface area contributed by atoms with Crippen molar-refractivity contribution in [1.29, 1.82) is 0 Å². The summed E-state index contributed by atoms with van der Waals surface area (Å²) in [4.78, 5) is 71.6. The Morgan fingerprint density at radius 1 is 0.788 bits per heavy atom. The zero-order valence-electron chi connectivity index (χ0n) is 20.7. The molecule has 33 heavy (non-hydrogen) atoms. The minimum absolute atomic E-state index is 0.0718. The number of esters is 2. The number of hydrogen-bond donors (Lipinski definition) is 2. The summed E-state index contributed by atoms with van der Waals surface area (Å²) >= 11 is 0. The SMILES string of the molecule is CCOC(=O)C(C(C)=O)C(=O)NCCC(C)CC(C)(C)CNC(=O)C(C(C)=O)C(=O)OCC. The average Bonchev–Trinajstić information content (AvgIpc) is 2.66. The molecule has 0 aliphatic heterocycles. The summed E-state index contributed by atoms with van der Waals surface area (Å²) in [6.45, 7) is 12.0. The first-order valence-electron chi connectivity index (χ1n) is 11.2. The number of carbonyl (C=O) groups is 6. The van der Waals surface area contributed by atoms with Gasteiger partial charge in [-0.3, -0.25) is 28.8 Å². The quantitative estimate of drug-likeness (QED) is 0.268. The highest BCUT2D eigenvalue weighted by Gasteiger charge is 2.34. The summed E-state index contributed by atoms with van der Waals surface area (Å²) in [5.74, 6) is -7.10. The van der Waals surface area contributed by atoms with Crippen LogP contribution >= 0.6 is 0 Å². The maximum absolute atomic E-state index is 12.4. The van der Waals surface area contributed by atoms with Gasteiger partial charge in [-0.1, -0.05) is 20.8 Å². The smallest absolute Gasteiger partial charge is 0.326 e. The summed E-state index contributed by atoms with van der Waals surface area (Å²) in [7, 11) is 0. The van der Waals surface area contributed by atoms with Gasteiger partial charge < -0.3 is 20.1 Å². The molecular weight excluding hydrogens is 432 g/mol. The highest BCUT2D eigenvalue weighted by molar-refractivity contribution is 6.16. The van der Waals surface area contributed by atoms with Crippen molar-refractivity contribution in [1.82, 2.24) is 10.6 Å². The van der Waals surface area contributed by atoms with Gasteiger partial charge >= 0.3 is 11.9 Å². The lowest BCUT2D eigenvalue weighted by atomic mass is 9.82. The lowest BCUT2D eigenvalue weighted by molar-refractivity contribution is -0.157. The second-order valence-electron chi connectivity index (χ2n) is 8.86. The van der Waals surface area contributed by atoms with E-state index in [1.165, 1.54) is 13.8 Å². The summed E-state index contributed by atoms with van der Waals surface area (Å²) in [5.41, 5.74) is -0.359. The Labute approximate surface area is 195 Å². The summed E-state index contributed by atoms with van der Waals surface area (Å²) in [5, 5.41) is 5.26. The van der Waals surface area contributed by atoms with E-state index >= 15 is 0 Å². The van der Waals surface area contributed by atoms with Crippen molar-refractivity contribution < 1.29 is 38.2 Å². The third kappa shape index (κ3) is 11.1. The molecule has 0 aromatic heterocycles. The minimum atomic E-state index is -1.48. The number of ketones is 2. The number of ether oxygens (including phenoxy) is 2. The van der Waals surface area contributed by atoms with Gasteiger partial charge in [-0.05, 0) is 51.9 Å². The average molecular weight is 471 g/mol. The van der Waals surface area contributed by atoms with E-state index in [1.807, 2.05) is 20.8 Å². The van der Waals surface area contributed by atoms with Gasteiger partial charge in [-0.15, -0.1) is 0 Å². The number of hydrogen-bond acceptors (Lipinski definition) is 8. The Hall–Kier alpha value is -2.78. The number of nitrogens with one attached hydrogen (secondary N) is 2. The van der Waals surface area contributed by atoms with Crippen LogP contribution in [0.1, 0.15) is 61.3 Å². The van der Waals surface area contributed by atoms with Gasteiger partial charge in [0, 0.05) is 13.1 Å². The van der Waals surface area contributed by atoms with E-state index in [9.17, 15) is 28.8 Å². The third-order valence-electron chi connectivity index (χ3n) is 4.96. The van der Waals surface area contributed by atoms with Crippen LogP contribution in [0.5, 0.6) is 0 Å². The van der Waals surface area contributed by atoms with Crippen LogP contribution in [-0.4, -0.2) is 61.6 Å². The van der Waals surface area contributed by atoms with Gasteiger partial charge in [0.1, 0.15) is 0 Å². The van der Waals surface area contributed by atoms with E-state index in [0.717, 1.165) is 0 Å². The molecular formula is C23H38N2O8. The van der Waals surface area contributed by atoms with E-state index < -0.39 is 47.2 Å². The van der Waals surface area contributed by atoms with Crippen molar-refractivity contribution in [2.75, 3.05) is 26.3 Å². The third-order valence-corrected chi connectivity index (χ3v) is 4.96. The second kappa shape index (κ2) is 14.4. The molecule has 0 aromatic rings. The Morgan fingerprint density at radius 3 is 1.61 bits per heavy atom. The molecule has 0 rings (SSSR count). The van der Waals surface area contributed by atoms with Gasteiger partial charge in [0.15, 0.2) is 23.4 Å². The lowest BCUT2D eigenvalue weighted by Crippen LogP contribution is -2.44. The van der Waals surface area contributed by atoms with Crippen molar-refractivity contribution in [2.45, 2.75) is 61.3 Å². The first-order valence-corrected chi connectivity index (χ1v) is 11.2. The molecule has 2 amide bonds. The Balaban J connectivity index is 4.70. The maximum atomic E-state index is 12.4. The van der Waals surface area contributed by atoms with Gasteiger partial charge in [-0.25, -0.2) is 0 Å². The molecule has 0 heterocycles. The number of Topliss-reactive ketones (excluding diaryl/α,β-unsaturated/α-hetero) is 2. The van der Waals surface area contributed by atoms with Gasteiger partial charge in [0.25, 0.3) is 0 Å². The fourth-order valence-electron chi connectivity index (χ4n) is 3.46. The monoisotopic (exact) mass is 470 g/mol. The fraction of sp³-hybridized carbons (Fsp3) is 0.739. The Morgan fingerprint density at radius 2 is 1.21 bits per heavy atom. The molecule has 0 aliphatic carbocycles. The van der Waals surface area contributed by atoms with Gasteiger partial charge in [0.2, 0.25) is 11.8 Å². The number of rotatable bonds is 15. The molecule has 2 N–H and O–H groups in total. The predicted molar refractivity (Wildman–Crippen MR) is 120 cm³/mol. The zero-order valence-corrected chi connectivity index (χ0v) is 20.7. The van der Waals surface area contributed by atoms with E-state index in [2.05, 4.69) is 10.6 Å². The molecule has 0 saturated heterocycles. The standard InChI is InChI=1S/C23H38N2O8/c1-8-32-21(30)17(15(4)26)19(28)24-11-10-14(3)12-23(6,7)13-25-20(29)18(16(5)27)22(31)33-9-2/h14,17-18H,8-13H2,1-7H3,(H,24,28)(H,25,29). The highest BCUT2D eigenvalue weighted by atomic mass is 16.5. The van der Waals surface area contributed by atoms with Crippen molar-refractivity contribution >= 4 is 35.3 Å². The Bertz CT molecular complexity index is 732. The van der Waals surface area contributed by atoms with E-state index in [-0.39, 0.29) is 37.6 Å². The predicted octanol–water partition coefficient (Wildman–Crippen LogP) is 1.20. The lowest BCUT2D eigenvalue weighted by Gasteiger charge is -2.29. The van der Waals surface area contributed by atoms with E-state index in [1.54, 1.807) is 13.8 Å². The van der Waals surface area contributed by atoms with Crippen LogP contribution in [0.25, 0.3) is 0 Å². The second-order valence-corrected chi connectivity index (χ2v) is 8.86. The molecule has 0 radical (unpaired) electrons. The molecule has 10 nitrogen and oxygen atoms in total. The van der Waals surface area contributed by atoms with Crippen molar-refractivity contribution in [3.8, 4) is 0 Å². The van der Waals surface area contributed by atoms with Crippen LogP contribution in [-0.2, 0) is 38.2 Å². The summed E-state index contributed by atoms with van der Waals surface area (Å²) in [6, 6.07) is 0. The van der Waals surface area contributed by atoms with Crippen molar-refractivity contribution in [2.24, 2.45) is 23.2 Å². The largest absolute Gasteiger partial charge is 0.465 e. The van der Waals surface area contributed by atoms with Crippen LogP contribution < -0.4 is 10.6 Å². The summed E-state index contributed by atoms with van der Waals surface area (Å²) < 4.78 is 9.58. The van der Waals surface area contributed by atoms with Crippen molar-refractivity contribution in [3.05, 3.63) is 0 Å². The molecule has 188 valence electrons. The van der Waals surface area contributed by atoms with Crippen LogP contribution in [0.3, 0.4) is 0 Å². The van der Waals surface area contributed by atoms with Gasteiger partial charge in [-0.2, -0.15) is 0 Å². The van der Waals surface area contributed by atoms with Crippen LogP contribution in [0, 0.1) is 23.2 Å². The molecule has 3 atom stereocenters. The molecule has 0 aliphatic rings. The van der Waals surface area contributed by atoms with Crippen molar-refractivity contribution in [3.63, 3.8) is 0 Å². The molecule has 10 heteroatoms. The molecule has 0 bridgehead atoms. The topological polar surface area (TPSA) is 145 Å². The number of amides is 2. The highest BCUT2D eigenvalue weighted by Crippen LogP contribution is 2.26. The van der Waals surface area contributed by atoms with Crippen LogP contribution in [0.2, 0.25) is 0 Å². The molecule has 3 unspecified atom stereocenters. The van der Waals surface area contributed by atoms with E-state index in [4.69, 9.17) is 9.47 Å². The first-order chi connectivity index (χ1) is 15.3. The molecule has 0 spiro atoms. The molecule has 0 fully saturated rings. The molecule has 0 saturated carbocycles. The zero-order chi connectivity index (χ0) is 25.8. The normalized spacial score (nSPS) is 13.8. The van der Waals surface area contributed by atoms with Gasteiger partial charge in [0.05, 0.1) is 13.2 Å².